The summed E-state index contributed by atoms with van der Waals surface area (Å²) in [7, 11) is 0. The Morgan fingerprint density at radius 1 is 1.14 bits per heavy atom. The van der Waals surface area contributed by atoms with Gasteiger partial charge in [-0.2, -0.15) is 0 Å². The van der Waals surface area contributed by atoms with Crippen molar-refractivity contribution in [1.82, 2.24) is 0 Å². The van der Waals surface area contributed by atoms with Crippen LogP contribution in [0.25, 0.3) is 0 Å². The van der Waals surface area contributed by atoms with Crippen molar-refractivity contribution in [2.75, 3.05) is 11.4 Å². The maximum atomic E-state index is 6.51. The summed E-state index contributed by atoms with van der Waals surface area (Å²) >= 11 is 6.51. The smallest absolute Gasteiger partial charge is 0.0646 e. The van der Waals surface area contributed by atoms with Gasteiger partial charge in [0.25, 0.3) is 0 Å². The molecule has 0 unspecified atom stereocenters. The molecule has 3 heteroatoms. The molecule has 1 atom stereocenters. The van der Waals surface area contributed by atoms with Crippen LogP contribution < -0.4 is 10.6 Å². The third-order valence-electron chi connectivity index (χ3n) is 4.14. The highest BCUT2D eigenvalue weighted by Gasteiger charge is 2.20. The van der Waals surface area contributed by atoms with Gasteiger partial charge in [0.2, 0.25) is 0 Å². The lowest BCUT2D eigenvalue weighted by Crippen LogP contribution is -2.25. The van der Waals surface area contributed by atoms with Gasteiger partial charge in [-0.3, -0.25) is 0 Å². The summed E-state index contributed by atoms with van der Waals surface area (Å²) in [6, 6.07) is 12.8. The van der Waals surface area contributed by atoms with Gasteiger partial charge >= 0.3 is 0 Å². The number of halogens is 1. The third kappa shape index (κ3) is 2.78. The predicted octanol–water partition coefficient (Wildman–Crippen LogP) is 4.75. The first-order valence-corrected chi connectivity index (χ1v) is 7.86. The number of hydrogen-bond acceptors (Lipinski definition) is 2. The van der Waals surface area contributed by atoms with Gasteiger partial charge in [-0.05, 0) is 56.0 Å². The van der Waals surface area contributed by atoms with Crippen LogP contribution in [-0.4, -0.2) is 6.54 Å². The minimum Gasteiger partial charge on any atom is -0.340 e. The number of fused-ring (bicyclic) bond motifs is 1. The Morgan fingerprint density at radius 3 is 2.62 bits per heavy atom. The van der Waals surface area contributed by atoms with E-state index in [2.05, 4.69) is 42.2 Å². The zero-order chi connectivity index (χ0) is 15.0. The molecule has 0 bridgehead atoms. The van der Waals surface area contributed by atoms with Crippen LogP contribution in [0.4, 0.5) is 11.4 Å². The lowest BCUT2D eigenvalue weighted by Gasteiger charge is -2.32. The van der Waals surface area contributed by atoms with E-state index < -0.39 is 0 Å². The Bertz CT molecular complexity index is 664. The van der Waals surface area contributed by atoms with Crippen molar-refractivity contribution in [3.8, 4) is 0 Å². The molecule has 2 aromatic rings. The van der Waals surface area contributed by atoms with Crippen molar-refractivity contribution < 1.29 is 0 Å². The minimum atomic E-state index is 0.00726. The van der Waals surface area contributed by atoms with Gasteiger partial charge in [0, 0.05) is 18.3 Å². The van der Waals surface area contributed by atoms with Crippen LogP contribution in [0, 0.1) is 6.92 Å². The van der Waals surface area contributed by atoms with Gasteiger partial charge in [-0.1, -0.05) is 35.4 Å². The average Bonchev–Trinajstić information content (AvgIpc) is 2.46. The summed E-state index contributed by atoms with van der Waals surface area (Å²) in [6.07, 6.45) is 2.30. The number of hydrogen-bond donors (Lipinski definition) is 1. The molecule has 0 radical (unpaired) electrons. The fourth-order valence-corrected chi connectivity index (χ4v) is 3.29. The molecule has 0 saturated heterocycles. The average molecular weight is 301 g/mol. The van der Waals surface area contributed by atoms with Crippen molar-refractivity contribution in [2.45, 2.75) is 32.7 Å². The Labute approximate surface area is 131 Å². The summed E-state index contributed by atoms with van der Waals surface area (Å²) in [5.41, 5.74) is 12.1. The molecule has 3 rings (SSSR count). The normalized spacial score (nSPS) is 15.7. The van der Waals surface area contributed by atoms with Gasteiger partial charge in [0.15, 0.2) is 0 Å². The number of anilines is 2. The Balaban J connectivity index is 2.03. The standard InChI is InChI=1S/C18H21ClN2/c1-12-5-7-17-15(10-12)4-3-9-21(17)18-8-6-14(13(2)20)11-16(18)19/h5-8,10-11,13H,3-4,9,20H2,1-2H3/t13-/m0/s1. The number of aryl methyl sites for hydroxylation is 2. The molecule has 2 nitrogen and oxygen atoms in total. The highest BCUT2D eigenvalue weighted by Crippen LogP contribution is 2.38. The molecule has 2 aromatic carbocycles. The summed E-state index contributed by atoms with van der Waals surface area (Å²) in [5.74, 6) is 0. The number of nitrogens with zero attached hydrogens (tertiary/aromatic N) is 1. The number of nitrogens with two attached hydrogens (primary N) is 1. The van der Waals surface area contributed by atoms with Crippen LogP contribution in [-0.2, 0) is 6.42 Å². The molecule has 0 fully saturated rings. The monoisotopic (exact) mass is 300 g/mol. The van der Waals surface area contributed by atoms with E-state index in [-0.39, 0.29) is 6.04 Å². The van der Waals surface area contributed by atoms with Crippen LogP contribution in [0.3, 0.4) is 0 Å². The Morgan fingerprint density at radius 2 is 1.90 bits per heavy atom. The first kappa shape index (κ1) is 14.4. The Kier molecular flexibility index (Phi) is 3.92. The fourth-order valence-electron chi connectivity index (χ4n) is 3.00. The highest BCUT2D eigenvalue weighted by molar-refractivity contribution is 6.33. The second kappa shape index (κ2) is 5.70. The van der Waals surface area contributed by atoms with E-state index in [1.54, 1.807) is 0 Å². The first-order chi connectivity index (χ1) is 10.1. The van der Waals surface area contributed by atoms with Gasteiger partial charge in [0.1, 0.15) is 0 Å². The molecule has 110 valence electrons. The van der Waals surface area contributed by atoms with E-state index in [1.807, 2.05) is 13.0 Å². The molecule has 2 N–H and O–H groups in total. The van der Waals surface area contributed by atoms with Crippen molar-refractivity contribution in [1.29, 1.82) is 0 Å². The second-order valence-corrected chi connectivity index (χ2v) is 6.29. The quantitative estimate of drug-likeness (QED) is 0.867. The molecule has 0 spiro atoms. The fraction of sp³-hybridized carbons (Fsp3) is 0.333. The molecule has 1 heterocycles. The molecule has 0 amide bonds. The largest absolute Gasteiger partial charge is 0.340 e. The van der Waals surface area contributed by atoms with Crippen LogP contribution in [0.1, 0.15) is 36.1 Å². The van der Waals surface area contributed by atoms with Crippen molar-refractivity contribution in [2.24, 2.45) is 5.73 Å². The molecule has 0 aromatic heterocycles. The first-order valence-electron chi connectivity index (χ1n) is 7.48. The summed E-state index contributed by atoms with van der Waals surface area (Å²) < 4.78 is 0. The lowest BCUT2D eigenvalue weighted by atomic mass is 9.98. The molecule has 21 heavy (non-hydrogen) atoms. The molecular formula is C18H21ClN2. The highest BCUT2D eigenvalue weighted by atomic mass is 35.5. The van der Waals surface area contributed by atoms with Crippen LogP contribution >= 0.6 is 11.6 Å². The molecule has 1 aliphatic heterocycles. The molecule has 0 saturated carbocycles. The van der Waals surface area contributed by atoms with Gasteiger partial charge < -0.3 is 10.6 Å². The topological polar surface area (TPSA) is 29.3 Å². The molecular weight excluding hydrogens is 280 g/mol. The van der Waals surface area contributed by atoms with E-state index in [0.717, 1.165) is 35.7 Å². The van der Waals surface area contributed by atoms with Gasteiger partial charge in [-0.15, -0.1) is 0 Å². The van der Waals surface area contributed by atoms with Gasteiger partial charge in [0.05, 0.1) is 10.7 Å². The third-order valence-corrected chi connectivity index (χ3v) is 4.44. The predicted molar refractivity (Wildman–Crippen MR) is 90.6 cm³/mol. The second-order valence-electron chi connectivity index (χ2n) is 5.89. The SMILES string of the molecule is Cc1ccc2c(c1)CCCN2c1ccc([C@H](C)N)cc1Cl. The lowest BCUT2D eigenvalue weighted by molar-refractivity contribution is 0.765. The van der Waals surface area contributed by atoms with E-state index in [4.69, 9.17) is 17.3 Å². The summed E-state index contributed by atoms with van der Waals surface area (Å²) in [4.78, 5) is 2.32. The van der Waals surface area contributed by atoms with Crippen LogP contribution in [0.5, 0.6) is 0 Å². The Hall–Kier alpha value is -1.51. The van der Waals surface area contributed by atoms with Crippen LogP contribution in [0.15, 0.2) is 36.4 Å². The van der Waals surface area contributed by atoms with Crippen LogP contribution in [0.2, 0.25) is 5.02 Å². The maximum absolute atomic E-state index is 6.51. The van der Waals surface area contributed by atoms with Crippen molar-refractivity contribution in [3.05, 3.63) is 58.1 Å². The van der Waals surface area contributed by atoms with Crippen molar-refractivity contribution in [3.63, 3.8) is 0 Å². The number of benzene rings is 2. The zero-order valence-corrected chi connectivity index (χ0v) is 13.3. The maximum Gasteiger partial charge on any atom is 0.0646 e. The minimum absolute atomic E-state index is 0.00726. The molecule has 1 aliphatic rings. The summed E-state index contributed by atoms with van der Waals surface area (Å²) in [5, 5.41) is 0.776. The van der Waals surface area contributed by atoms with Crippen molar-refractivity contribution >= 4 is 23.0 Å². The number of rotatable bonds is 2. The van der Waals surface area contributed by atoms with Gasteiger partial charge in [-0.25, -0.2) is 0 Å². The summed E-state index contributed by atoms with van der Waals surface area (Å²) in [6.45, 7) is 5.13. The zero-order valence-electron chi connectivity index (χ0n) is 12.6. The van der Waals surface area contributed by atoms with E-state index in [1.165, 1.54) is 16.8 Å². The van der Waals surface area contributed by atoms with E-state index in [0.29, 0.717) is 0 Å². The molecule has 0 aliphatic carbocycles. The van der Waals surface area contributed by atoms with E-state index >= 15 is 0 Å². The van der Waals surface area contributed by atoms with E-state index in [9.17, 15) is 0 Å².